The van der Waals surface area contributed by atoms with Crippen LogP contribution in [0.25, 0.3) is 21.9 Å². The Labute approximate surface area is 190 Å². The number of hydrogen-bond acceptors (Lipinski definition) is 6. The third-order valence-electron chi connectivity index (χ3n) is 5.36. The zero-order chi connectivity index (χ0) is 22.1. The fraction of sp³-hybridized carbons (Fsp3) is 0.167. The van der Waals surface area contributed by atoms with Gasteiger partial charge >= 0.3 is 0 Å². The number of nitrogens with zero attached hydrogens (tertiary/aromatic N) is 5. The molecule has 0 spiro atoms. The Kier molecular flexibility index (Phi) is 5.33. The van der Waals surface area contributed by atoms with Gasteiger partial charge in [-0.1, -0.05) is 35.9 Å². The van der Waals surface area contributed by atoms with Crippen molar-refractivity contribution < 1.29 is 4.74 Å². The minimum absolute atomic E-state index is 0.112. The van der Waals surface area contributed by atoms with Crippen LogP contribution >= 0.6 is 11.6 Å². The molecule has 1 radical (unpaired) electrons. The third-order valence-corrected chi connectivity index (χ3v) is 5.67. The summed E-state index contributed by atoms with van der Waals surface area (Å²) in [6.45, 7) is 2.67. The van der Waals surface area contributed by atoms with Crippen LogP contribution in [-0.2, 0) is 6.54 Å². The van der Waals surface area contributed by atoms with Crippen molar-refractivity contribution in [1.82, 2.24) is 24.5 Å². The summed E-state index contributed by atoms with van der Waals surface area (Å²) < 4.78 is 7.23. The van der Waals surface area contributed by atoms with Gasteiger partial charge in [0.05, 0.1) is 42.9 Å². The van der Waals surface area contributed by atoms with Gasteiger partial charge in [0.1, 0.15) is 17.6 Å². The van der Waals surface area contributed by atoms with E-state index in [0.717, 1.165) is 33.4 Å². The second kappa shape index (κ2) is 8.43. The predicted octanol–water partition coefficient (Wildman–Crippen LogP) is 5.06. The van der Waals surface area contributed by atoms with E-state index in [-0.39, 0.29) is 6.04 Å². The Morgan fingerprint density at radius 2 is 1.97 bits per heavy atom. The molecule has 0 saturated carbocycles. The van der Waals surface area contributed by atoms with E-state index in [2.05, 4.69) is 31.4 Å². The smallest absolute Gasteiger partial charge is 0.165 e. The zero-order valence-corrected chi connectivity index (χ0v) is 18.3. The number of pyridine rings is 1. The van der Waals surface area contributed by atoms with Crippen molar-refractivity contribution in [3.8, 4) is 5.75 Å². The lowest BCUT2D eigenvalue weighted by Gasteiger charge is -2.15. The van der Waals surface area contributed by atoms with E-state index in [9.17, 15) is 0 Å². The molecule has 2 aromatic carbocycles. The summed E-state index contributed by atoms with van der Waals surface area (Å²) >= 11 is 6.24. The third kappa shape index (κ3) is 3.83. The first kappa shape index (κ1) is 20.2. The SMILES string of the molecule is COc1ccc(Cn2cnc3c(N[C@@H](C)c4cc5cccc(Cl)c5[c]n4)ncnc32)cc1. The first-order valence-electron chi connectivity index (χ1n) is 10.1. The normalized spacial score (nSPS) is 12.2. The summed E-state index contributed by atoms with van der Waals surface area (Å²) in [5, 5.41) is 5.86. The molecule has 3 aromatic heterocycles. The van der Waals surface area contributed by atoms with Gasteiger partial charge in [0, 0.05) is 5.39 Å². The van der Waals surface area contributed by atoms with Crippen molar-refractivity contribution in [2.45, 2.75) is 19.5 Å². The summed E-state index contributed by atoms with van der Waals surface area (Å²) in [7, 11) is 1.66. The molecule has 0 fully saturated rings. The fourth-order valence-corrected chi connectivity index (χ4v) is 3.85. The maximum absolute atomic E-state index is 6.24. The largest absolute Gasteiger partial charge is 0.497 e. The fourth-order valence-electron chi connectivity index (χ4n) is 3.62. The molecule has 32 heavy (non-hydrogen) atoms. The summed E-state index contributed by atoms with van der Waals surface area (Å²) in [6.07, 6.45) is 6.37. The lowest BCUT2D eigenvalue weighted by Crippen LogP contribution is -2.10. The van der Waals surface area contributed by atoms with Gasteiger partial charge in [0.2, 0.25) is 0 Å². The van der Waals surface area contributed by atoms with Crippen LogP contribution < -0.4 is 10.1 Å². The van der Waals surface area contributed by atoms with Gasteiger partial charge in [-0.2, -0.15) is 0 Å². The highest BCUT2D eigenvalue weighted by molar-refractivity contribution is 6.35. The molecule has 0 saturated heterocycles. The van der Waals surface area contributed by atoms with Gasteiger partial charge in [-0.05, 0) is 42.1 Å². The topological polar surface area (TPSA) is 77.8 Å². The molecule has 7 nitrogen and oxygen atoms in total. The molecule has 0 aliphatic carbocycles. The average Bonchev–Trinajstić information content (AvgIpc) is 3.23. The predicted molar refractivity (Wildman–Crippen MR) is 125 cm³/mol. The Balaban J connectivity index is 1.41. The van der Waals surface area contributed by atoms with Crippen molar-refractivity contribution >= 4 is 39.4 Å². The number of nitrogens with one attached hydrogen (secondary N) is 1. The molecule has 159 valence electrons. The molecule has 0 amide bonds. The molecule has 5 aromatic rings. The van der Waals surface area contributed by atoms with Crippen LogP contribution in [0.4, 0.5) is 5.82 Å². The van der Waals surface area contributed by atoms with Crippen LogP contribution in [0.3, 0.4) is 0 Å². The molecule has 0 unspecified atom stereocenters. The molecule has 0 aliphatic heterocycles. The molecule has 8 heteroatoms. The highest BCUT2D eigenvalue weighted by atomic mass is 35.5. The summed E-state index contributed by atoms with van der Waals surface area (Å²) in [6, 6.07) is 15.6. The summed E-state index contributed by atoms with van der Waals surface area (Å²) in [5.74, 6) is 1.48. The number of hydrogen-bond donors (Lipinski definition) is 1. The van der Waals surface area contributed by atoms with Crippen LogP contribution in [0.2, 0.25) is 5.02 Å². The Morgan fingerprint density at radius 1 is 1.12 bits per heavy atom. The van der Waals surface area contributed by atoms with Crippen molar-refractivity contribution in [1.29, 1.82) is 0 Å². The first-order chi connectivity index (χ1) is 15.6. The van der Waals surface area contributed by atoms with Crippen molar-refractivity contribution in [2.24, 2.45) is 0 Å². The molecule has 5 rings (SSSR count). The van der Waals surface area contributed by atoms with E-state index in [1.807, 2.05) is 60.0 Å². The van der Waals surface area contributed by atoms with Crippen molar-refractivity contribution in [2.75, 3.05) is 12.4 Å². The lowest BCUT2D eigenvalue weighted by atomic mass is 10.1. The molecule has 1 atom stereocenters. The van der Waals surface area contributed by atoms with E-state index in [4.69, 9.17) is 16.3 Å². The van der Waals surface area contributed by atoms with Gasteiger partial charge in [-0.25, -0.2) is 19.9 Å². The summed E-state index contributed by atoms with van der Waals surface area (Å²) in [4.78, 5) is 17.9. The number of ether oxygens (including phenoxy) is 1. The molecule has 0 aliphatic rings. The van der Waals surface area contributed by atoms with E-state index < -0.39 is 0 Å². The minimum Gasteiger partial charge on any atom is -0.497 e. The van der Waals surface area contributed by atoms with Gasteiger partial charge in [0.25, 0.3) is 0 Å². The Morgan fingerprint density at radius 3 is 2.78 bits per heavy atom. The minimum atomic E-state index is -0.112. The molecular formula is C24H20ClN6O. The van der Waals surface area contributed by atoms with Crippen LogP contribution in [0.5, 0.6) is 5.75 Å². The van der Waals surface area contributed by atoms with E-state index >= 15 is 0 Å². The van der Waals surface area contributed by atoms with E-state index in [1.54, 1.807) is 19.8 Å². The molecular weight excluding hydrogens is 424 g/mol. The van der Waals surface area contributed by atoms with Gasteiger partial charge < -0.3 is 14.6 Å². The Hall–Kier alpha value is -3.71. The highest BCUT2D eigenvalue weighted by Gasteiger charge is 2.15. The quantitative estimate of drug-likeness (QED) is 0.395. The second-order valence-electron chi connectivity index (χ2n) is 7.48. The monoisotopic (exact) mass is 443 g/mol. The first-order valence-corrected chi connectivity index (χ1v) is 10.5. The number of halogens is 1. The molecule has 1 N–H and O–H groups in total. The number of aromatic nitrogens is 5. The van der Waals surface area contributed by atoms with Crippen LogP contribution in [0.15, 0.2) is 61.2 Å². The second-order valence-corrected chi connectivity index (χ2v) is 7.89. The van der Waals surface area contributed by atoms with Gasteiger partial charge in [-0.3, -0.25) is 0 Å². The van der Waals surface area contributed by atoms with Crippen LogP contribution in [0, 0.1) is 6.20 Å². The number of methoxy groups -OCH3 is 1. The number of imidazole rings is 1. The molecule has 3 heterocycles. The lowest BCUT2D eigenvalue weighted by molar-refractivity contribution is 0.414. The Bertz CT molecular complexity index is 1400. The van der Waals surface area contributed by atoms with E-state index in [1.165, 1.54) is 0 Å². The van der Waals surface area contributed by atoms with Gasteiger partial charge in [-0.15, -0.1) is 0 Å². The number of rotatable bonds is 6. The van der Waals surface area contributed by atoms with E-state index in [0.29, 0.717) is 22.9 Å². The average molecular weight is 444 g/mol. The number of benzene rings is 2. The maximum atomic E-state index is 6.24. The van der Waals surface area contributed by atoms with Crippen LogP contribution in [-0.4, -0.2) is 31.6 Å². The van der Waals surface area contributed by atoms with Gasteiger partial charge in [0.15, 0.2) is 11.5 Å². The maximum Gasteiger partial charge on any atom is 0.165 e. The zero-order valence-electron chi connectivity index (χ0n) is 17.6. The number of fused-ring (bicyclic) bond motifs is 2. The molecule has 0 bridgehead atoms. The number of anilines is 1. The van der Waals surface area contributed by atoms with Crippen LogP contribution in [0.1, 0.15) is 24.2 Å². The standard InChI is InChI=1S/C24H20ClN6O/c1-15(21-10-17-4-3-5-20(25)19(17)11-26-21)30-23-22-24(28-13-27-23)31(14-29-22)12-16-6-8-18(32-2)9-7-16/h3-10,13-15H,12H2,1-2H3,(H,27,28,30)/t15-/m0/s1. The van der Waals surface area contributed by atoms with Crippen molar-refractivity contribution in [3.05, 3.63) is 83.7 Å². The van der Waals surface area contributed by atoms with Crippen molar-refractivity contribution in [3.63, 3.8) is 0 Å². The summed E-state index contributed by atoms with van der Waals surface area (Å²) in [5.41, 5.74) is 3.43. The highest BCUT2D eigenvalue weighted by Crippen LogP contribution is 2.27.